The van der Waals surface area contributed by atoms with Gasteiger partial charge in [-0.15, -0.1) is 0 Å². The summed E-state index contributed by atoms with van der Waals surface area (Å²) in [5.74, 6) is -7.21. The van der Waals surface area contributed by atoms with Gasteiger partial charge in [-0.25, -0.2) is 13.2 Å². The van der Waals surface area contributed by atoms with E-state index >= 15 is 4.39 Å². The van der Waals surface area contributed by atoms with Gasteiger partial charge in [-0.05, 0) is 67.7 Å². The van der Waals surface area contributed by atoms with Gasteiger partial charge in [0.05, 0.1) is 0 Å². The zero-order chi connectivity index (χ0) is 21.0. The predicted octanol–water partition coefficient (Wildman–Crippen LogP) is 5.95. The summed E-state index contributed by atoms with van der Waals surface area (Å²) in [4.78, 5) is 0. The highest BCUT2D eigenvalue weighted by atomic mass is 19.2. The molecule has 2 aromatic rings. The van der Waals surface area contributed by atoms with Gasteiger partial charge in [0, 0.05) is 11.0 Å². The standard InChI is InChI=1S/C22H19F5O2/c23-16-11-21(6-5-12-1-3-14(28)19(26)17(12)24)7-9-22(16,10-8-21)13-2-4-15(29)20(27)18(13)25/h1-4,11,28-29H,5-10H2. The van der Waals surface area contributed by atoms with E-state index in [1.54, 1.807) is 0 Å². The van der Waals surface area contributed by atoms with E-state index < -0.39 is 51.4 Å². The van der Waals surface area contributed by atoms with Crippen molar-refractivity contribution in [2.45, 2.75) is 43.9 Å². The molecular formula is C22H19F5O2. The van der Waals surface area contributed by atoms with Gasteiger partial charge in [0.15, 0.2) is 23.1 Å². The largest absolute Gasteiger partial charge is 0.505 e. The highest BCUT2D eigenvalue weighted by Crippen LogP contribution is 2.59. The van der Waals surface area contributed by atoms with Crippen LogP contribution in [0.3, 0.4) is 0 Å². The van der Waals surface area contributed by atoms with Crippen LogP contribution in [-0.4, -0.2) is 10.2 Å². The number of hydrogen-bond acceptors (Lipinski definition) is 2. The average Bonchev–Trinajstić information content (AvgIpc) is 2.71. The van der Waals surface area contributed by atoms with Gasteiger partial charge in [0.25, 0.3) is 0 Å². The molecule has 0 unspecified atom stereocenters. The third-order valence-corrected chi connectivity index (χ3v) is 6.60. The normalized spacial score (nSPS) is 25.9. The van der Waals surface area contributed by atoms with Gasteiger partial charge in [-0.2, -0.15) is 8.78 Å². The molecule has 29 heavy (non-hydrogen) atoms. The van der Waals surface area contributed by atoms with Gasteiger partial charge < -0.3 is 10.2 Å². The molecule has 0 spiro atoms. The number of phenolic OH excluding ortho intramolecular Hbond substituents is 2. The van der Waals surface area contributed by atoms with Gasteiger partial charge in [-0.3, -0.25) is 0 Å². The monoisotopic (exact) mass is 410 g/mol. The van der Waals surface area contributed by atoms with E-state index in [1.165, 1.54) is 18.2 Å². The number of aromatic hydroxyl groups is 2. The van der Waals surface area contributed by atoms with Crippen LogP contribution >= 0.6 is 0 Å². The first-order valence-electron chi connectivity index (χ1n) is 9.41. The van der Waals surface area contributed by atoms with Crippen molar-refractivity contribution in [1.82, 2.24) is 0 Å². The van der Waals surface area contributed by atoms with E-state index in [0.717, 1.165) is 12.1 Å². The third kappa shape index (κ3) is 2.98. The first-order valence-corrected chi connectivity index (χ1v) is 9.41. The summed E-state index contributed by atoms with van der Waals surface area (Å²) < 4.78 is 71.0. The number of phenols is 2. The lowest BCUT2D eigenvalue weighted by Crippen LogP contribution is -2.43. The molecule has 0 saturated heterocycles. The molecule has 0 heterocycles. The van der Waals surface area contributed by atoms with E-state index in [9.17, 15) is 27.8 Å². The summed E-state index contributed by atoms with van der Waals surface area (Å²) in [6.45, 7) is 0. The van der Waals surface area contributed by atoms with Crippen molar-refractivity contribution in [3.8, 4) is 11.5 Å². The van der Waals surface area contributed by atoms with Crippen LogP contribution in [0.2, 0.25) is 0 Å². The van der Waals surface area contributed by atoms with Crippen molar-refractivity contribution in [3.05, 3.63) is 70.6 Å². The Bertz CT molecular complexity index is 1010. The Labute approximate surface area is 164 Å². The molecule has 2 bridgehead atoms. The molecule has 1 fully saturated rings. The zero-order valence-electron chi connectivity index (χ0n) is 15.4. The van der Waals surface area contributed by atoms with Crippen LogP contribution < -0.4 is 0 Å². The highest BCUT2D eigenvalue weighted by molar-refractivity contribution is 5.43. The van der Waals surface area contributed by atoms with Crippen molar-refractivity contribution in [2.75, 3.05) is 0 Å². The number of hydrogen-bond donors (Lipinski definition) is 2. The minimum Gasteiger partial charge on any atom is -0.505 e. The average molecular weight is 410 g/mol. The predicted molar refractivity (Wildman–Crippen MR) is 96.1 cm³/mol. The molecule has 0 aliphatic heterocycles. The molecule has 3 aliphatic carbocycles. The van der Waals surface area contributed by atoms with Crippen LogP contribution in [0.5, 0.6) is 11.5 Å². The molecule has 0 radical (unpaired) electrons. The van der Waals surface area contributed by atoms with Crippen LogP contribution in [0, 0.1) is 28.7 Å². The second-order valence-electron chi connectivity index (χ2n) is 8.07. The maximum Gasteiger partial charge on any atom is 0.200 e. The van der Waals surface area contributed by atoms with E-state index in [1.807, 2.05) is 0 Å². The number of allylic oxidation sites excluding steroid dienone is 2. The van der Waals surface area contributed by atoms with Crippen molar-refractivity contribution < 1.29 is 32.2 Å². The molecule has 5 rings (SSSR count). The number of rotatable bonds is 4. The van der Waals surface area contributed by atoms with Crippen LogP contribution in [0.1, 0.15) is 43.2 Å². The fourth-order valence-corrected chi connectivity index (χ4v) is 4.75. The first kappa shape index (κ1) is 19.7. The fraction of sp³-hybridized carbons (Fsp3) is 0.364. The minimum atomic E-state index is -1.39. The Morgan fingerprint density at radius 1 is 0.724 bits per heavy atom. The molecule has 2 aromatic carbocycles. The number of halogens is 5. The van der Waals surface area contributed by atoms with Crippen LogP contribution in [0.15, 0.2) is 36.2 Å². The van der Waals surface area contributed by atoms with Gasteiger partial charge in [0.2, 0.25) is 11.6 Å². The smallest absolute Gasteiger partial charge is 0.200 e. The summed E-state index contributed by atoms with van der Waals surface area (Å²) in [7, 11) is 0. The van der Waals surface area contributed by atoms with Crippen molar-refractivity contribution in [2.24, 2.45) is 5.41 Å². The van der Waals surface area contributed by atoms with E-state index in [4.69, 9.17) is 0 Å². The molecule has 3 aliphatic rings. The quantitative estimate of drug-likeness (QED) is 0.612. The van der Waals surface area contributed by atoms with Crippen molar-refractivity contribution in [1.29, 1.82) is 0 Å². The Kier molecular flexibility index (Phi) is 4.59. The van der Waals surface area contributed by atoms with Gasteiger partial charge in [-0.1, -0.05) is 12.1 Å². The molecule has 2 nitrogen and oxygen atoms in total. The SMILES string of the molecule is Oc1ccc(CCC23C=C(F)C(c4ccc(O)c(F)c4F)(CC2)CC3)c(F)c1F. The summed E-state index contributed by atoms with van der Waals surface area (Å²) in [6, 6.07) is 4.62. The molecule has 1 saturated carbocycles. The maximum absolute atomic E-state index is 15.1. The molecular weight excluding hydrogens is 391 g/mol. The van der Waals surface area contributed by atoms with E-state index in [0.29, 0.717) is 19.3 Å². The number of aryl methyl sites for hydroxylation is 1. The molecule has 7 heteroatoms. The topological polar surface area (TPSA) is 40.5 Å². The number of benzene rings is 2. The lowest BCUT2D eigenvalue weighted by molar-refractivity contribution is 0.126. The maximum atomic E-state index is 15.1. The van der Waals surface area contributed by atoms with Crippen molar-refractivity contribution >= 4 is 0 Å². The Balaban J connectivity index is 1.61. The summed E-state index contributed by atoms with van der Waals surface area (Å²) in [5.41, 5.74) is -1.85. The number of fused-ring (bicyclic) bond motifs is 2. The van der Waals surface area contributed by atoms with Crippen molar-refractivity contribution in [3.63, 3.8) is 0 Å². The Hall–Kier alpha value is -2.57. The lowest BCUT2D eigenvalue weighted by atomic mass is 9.54. The summed E-state index contributed by atoms with van der Waals surface area (Å²) >= 11 is 0. The fourth-order valence-electron chi connectivity index (χ4n) is 4.75. The van der Waals surface area contributed by atoms with Crippen LogP contribution in [0.4, 0.5) is 22.0 Å². The second-order valence-corrected chi connectivity index (χ2v) is 8.07. The first-order chi connectivity index (χ1) is 13.7. The van der Waals surface area contributed by atoms with E-state index in [-0.39, 0.29) is 30.4 Å². The minimum absolute atomic E-state index is 0.0949. The van der Waals surface area contributed by atoms with Gasteiger partial charge in [0.1, 0.15) is 5.83 Å². The molecule has 2 N–H and O–H groups in total. The highest BCUT2D eigenvalue weighted by Gasteiger charge is 2.52. The molecule has 0 aromatic heterocycles. The second kappa shape index (κ2) is 6.75. The van der Waals surface area contributed by atoms with Crippen LogP contribution in [-0.2, 0) is 11.8 Å². The van der Waals surface area contributed by atoms with Crippen LogP contribution in [0.25, 0.3) is 0 Å². The molecule has 0 atom stereocenters. The summed E-state index contributed by atoms with van der Waals surface area (Å²) in [5, 5.41) is 18.6. The Morgan fingerprint density at radius 3 is 1.93 bits per heavy atom. The molecule has 154 valence electrons. The lowest BCUT2D eigenvalue weighted by Gasteiger charge is -2.50. The Morgan fingerprint density at radius 2 is 1.31 bits per heavy atom. The third-order valence-electron chi connectivity index (χ3n) is 6.60. The zero-order valence-corrected chi connectivity index (χ0v) is 15.4. The van der Waals surface area contributed by atoms with E-state index in [2.05, 4.69) is 0 Å². The van der Waals surface area contributed by atoms with Gasteiger partial charge >= 0.3 is 0 Å². The summed E-state index contributed by atoms with van der Waals surface area (Å²) in [6.07, 6.45) is 3.42. The molecule has 0 amide bonds.